The maximum atomic E-state index is 13.3. The number of sulfonamides is 1. The second kappa shape index (κ2) is 8.44. The van der Waals surface area contributed by atoms with E-state index < -0.39 is 16.1 Å². The van der Waals surface area contributed by atoms with Crippen LogP contribution in [0.25, 0.3) is 0 Å². The Morgan fingerprint density at radius 2 is 1.88 bits per heavy atom. The lowest BCUT2D eigenvalue weighted by molar-refractivity contribution is -0.122. The van der Waals surface area contributed by atoms with E-state index in [4.69, 9.17) is 9.47 Å². The minimum Gasteiger partial charge on any atom is -0.497 e. The van der Waals surface area contributed by atoms with Gasteiger partial charge in [0.05, 0.1) is 17.7 Å². The summed E-state index contributed by atoms with van der Waals surface area (Å²) in [5, 5.41) is 2.73. The number of ether oxygens (including phenoxy) is 2. The van der Waals surface area contributed by atoms with Crippen LogP contribution >= 0.6 is 0 Å². The van der Waals surface area contributed by atoms with Crippen LogP contribution in [-0.4, -0.2) is 68.8 Å². The second-order valence-electron chi connectivity index (χ2n) is 7.79. The molecule has 2 heterocycles. The van der Waals surface area contributed by atoms with Crippen molar-refractivity contribution in [1.29, 1.82) is 0 Å². The van der Waals surface area contributed by atoms with Crippen molar-refractivity contribution >= 4 is 27.5 Å². The predicted octanol–water partition coefficient (Wildman–Crippen LogP) is 1.87. The monoisotopic (exact) mass is 459 g/mol. The summed E-state index contributed by atoms with van der Waals surface area (Å²) in [6, 6.07) is 9.96. The highest BCUT2D eigenvalue weighted by Crippen LogP contribution is 2.35. The number of nitrogens with one attached hydrogen (secondary N) is 1. The summed E-state index contributed by atoms with van der Waals surface area (Å²) in [5.74, 6) is 0.481. The van der Waals surface area contributed by atoms with Gasteiger partial charge in [0.1, 0.15) is 11.5 Å². The van der Waals surface area contributed by atoms with Gasteiger partial charge in [0.15, 0.2) is 6.10 Å². The minimum atomic E-state index is -3.80. The molecule has 0 radical (unpaired) electrons. The molecule has 1 atom stereocenters. The highest BCUT2D eigenvalue weighted by atomic mass is 32.2. The van der Waals surface area contributed by atoms with Gasteiger partial charge in [0, 0.05) is 37.8 Å². The van der Waals surface area contributed by atoms with Crippen LogP contribution in [0.2, 0.25) is 0 Å². The molecule has 9 nitrogen and oxygen atoms in total. The molecule has 0 spiro atoms. The van der Waals surface area contributed by atoms with E-state index in [2.05, 4.69) is 5.32 Å². The third-order valence-corrected chi connectivity index (χ3v) is 7.71. The fourth-order valence-electron chi connectivity index (χ4n) is 3.83. The number of anilines is 1. The Hall–Kier alpha value is -3.11. The van der Waals surface area contributed by atoms with E-state index in [1.54, 1.807) is 49.1 Å². The van der Waals surface area contributed by atoms with Gasteiger partial charge in [-0.1, -0.05) is 6.07 Å². The number of hydrogen-bond donors (Lipinski definition) is 1. The lowest BCUT2D eigenvalue weighted by Gasteiger charge is -2.34. The van der Waals surface area contributed by atoms with E-state index >= 15 is 0 Å². The topological polar surface area (TPSA) is 105 Å². The Labute approximate surface area is 187 Å². The highest BCUT2D eigenvalue weighted by molar-refractivity contribution is 7.89. The zero-order valence-electron chi connectivity index (χ0n) is 18.1. The molecule has 32 heavy (non-hydrogen) atoms. The molecule has 1 N–H and O–H groups in total. The Morgan fingerprint density at radius 3 is 2.56 bits per heavy atom. The molecule has 2 aliphatic rings. The number of methoxy groups -OCH3 is 1. The fraction of sp³-hybridized carbons (Fsp3) is 0.364. The molecular weight excluding hydrogens is 434 g/mol. The van der Waals surface area contributed by atoms with Gasteiger partial charge < -0.3 is 19.7 Å². The van der Waals surface area contributed by atoms with Crippen LogP contribution in [0.15, 0.2) is 41.3 Å². The average Bonchev–Trinajstić information content (AvgIpc) is 2.79. The standard InChI is InChI=1S/C22H25N3O6S/c1-14-11-18-19(31-15(2)21(26)23-18)13-20(14)32(28,29)25-9-7-24(8-10-25)22(27)16-5-4-6-17(12-16)30-3/h4-6,11-13,15H,7-10H2,1-3H3,(H,23,26). The third-order valence-electron chi connectivity index (χ3n) is 5.67. The Morgan fingerprint density at radius 1 is 1.16 bits per heavy atom. The molecule has 10 heteroatoms. The van der Waals surface area contributed by atoms with E-state index in [0.717, 1.165) is 0 Å². The van der Waals surface area contributed by atoms with E-state index in [0.29, 0.717) is 28.3 Å². The normalized spacial score (nSPS) is 19.0. The summed E-state index contributed by atoms with van der Waals surface area (Å²) in [7, 11) is -2.26. The molecule has 1 fully saturated rings. The van der Waals surface area contributed by atoms with Crippen LogP contribution in [0.1, 0.15) is 22.8 Å². The van der Waals surface area contributed by atoms with Crippen LogP contribution in [0.3, 0.4) is 0 Å². The minimum absolute atomic E-state index is 0.132. The number of nitrogens with zero attached hydrogens (tertiary/aromatic N) is 2. The maximum absolute atomic E-state index is 13.3. The lowest BCUT2D eigenvalue weighted by Crippen LogP contribution is -2.50. The van der Waals surface area contributed by atoms with Crippen molar-refractivity contribution in [2.75, 3.05) is 38.6 Å². The van der Waals surface area contributed by atoms with Crippen molar-refractivity contribution in [1.82, 2.24) is 9.21 Å². The van der Waals surface area contributed by atoms with E-state index in [9.17, 15) is 18.0 Å². The van der Waals surface area contributed by atoms with Crippen LogP contribution in [0.5, 0.6) is 11.5 Å². The molecule has 170 valence electrons. The number of rotatable bonds is 4. The van der Waals surface area contributed by atoms with Crippen molar-refractivity contribution in [3.8, 4) is 11.5 Å². The van der Waals surface area contributed by atoms with Crippen LogP contribution in [-0.2, 0) is 14.8 Å². The quantitative estimate of drug-likeness (QED) is 0.748. The molecule has 0 aromatic heterocycles. The largest absolute Gasteiger partial charge is 0.497 e. The smallest absolute Gasteiger partial charge is 0.265 e. The number of piperazine rings is 1. The zero-order valence-corrected chi connectivity index (χ0v) is 18.9. The van der Waals surface area contributed by atoms with Gasteiger partial charge >= 0.3 is 0 Å². The van der Waals surface area contributed by atoms with Gasteiger partial charge in [-0.3, -0.25) is 9.59 Å². The summed E-state index contributed by atoms with van der Waals surface area (Å²) < 4.78 is 38.8. The summed E-state index contributed by atoms with van der Waals surface area (Å²) in [6.07, 6.45) is -0.702. The molecule has 2 amide bonds. The molecule has 4 rings (SSSR count). The number of benzene rings is 2. The number of fused-ring (bicyclic) bond motifs is 1. The summed E-state index contributed by atoms with van der Waals surface area (Å²) in [4.78, 5) is 26.4. The highest BCUT2D eigenvalue weighted by Gasteiger charge is 2.33. The van der Waals surface area contributed by atoms with E-state index in [1.165, 1.54) is 17.5 Å². The first-order valence-corrected chi connectivity index (χ1v) is 11.7. The maximum Gasteiger partial charge on any atom is 0.265 e. The number of amides is 2. The van der Waals surface area contributed by atoms with E-state index in [-0.39, 0.29) is 42.9 Å². The molecule has 0 aliphatic carbocycles. The van der Waals surface area contributed by atoms with Gasteiger partial charge in [0.2, 0.25) is 10.0 Å². The SMILES string of the molecule is COc1cccc(C(=O)N2CCN(S(=O)(=O)c3cc4c(cc3C)NC(=O)C(C)O4)CC2)c1. The lowest BCUT2D eigenvalue weighted by atomic mass is 10.1. The van der Waals surface area contributed by atoms with Crippen LogP contribution in [0, 0.1) is 6.92 Å². The van der Waals surface area contributed by atoms with Gasteiger partial charge in [-0.05, 0) is 43.7 Å². The first-order chi connectivity index (χ1) is 15.2. The van der Waals surface area contributed by atoms with Crippen molar-refractivity contribution < 1.29 is 27.5 Å². The van der Waals surface area contributed by atoms with Gasteiger partial charge in [-0.2, -0.15) is 4.31 Å². The van der Waals surface area contributed by atoms with Gasteiger partial charge in [-0.15, -0.1) is 0 Å². The van der Waals surface area contributed by atoms with Crippen molar-refractivity contribution in [2.24, 2.45) is 0 Å². The summed E-state index contributed by atoms with van der Waals surface area (Å²) >= 11 is 0. The fourth-order valence-corrected chi connectivity index (χ4v) is 5.47. The Bertz CT molecular complexity index is 1170. The number of carbonyl (C=O) groups is 2. The van der Waals surface area contributed by atoms with Gasteiger partial charge in [0.25, 0.3) is 11.8 Å². The average molecular weight is 460 g/mol. The molecule has 1 saturated heterocycles. The third kappa shape index (κ3) is 4.03. The zero-order chi connectivity index (χ0) is 23.0. The molecule has 2 aromatic rings. The van der Waals surface area contributed by atoms with Gasteiger partial charge in [-0.25, -0.2) is 8.42 Å². The Balaban J connectivity index is 1.50. The molecule has 0 bridgehead atoms. The first kappa shape index (κ1) is 22.1. The van der Waals surface area contributed by atoms with Crippen LogP contribution < -0.4 is 14.8 Å². The number of hydrogen-bond acceptors (Lipinski definition) is 6. The number of carbonyl (C=O) groups excluding carboxylic acids is 2. The van der Waals surface area contributed by atoms with Crippen molar-refractivity contribution in [3.63, 3.8) is 0 Å². The first-order valence-electron chi connectivity index (χ1n) is 10.3. The molecule has 2 aromatic carbocycles. The molecule has 0 saturated carbocycles. The second-order valence-corrected chi connectivity index (χ2v) is 9.70. The van der Waals surface area contributed by atoms with Crippen molar-refractivity contribution in [2.45, 2.75) is 24.8 Å². The Kier molecular flexibility index (Phi) is 5.83. The van der Waals surface area contributed by atoms with Crippen LogP contribution in [0.4, 0.5) is 5.69 Å². The summed E-state index contributed by atoms with van der Waals surface area (Å²) in [5.41, 5.74) is 1.47. The predicted molar refractivity (Wildman–Crippen MR) is 118 cm³/mol. The molecular formula is C22H25N3O6S. The number of aryl methyl sites for hydroxylation is 1. The molecule has 1 unspecified atom stereocenters. The molecule has 2 aliphatic heterocycles. The summed E-state index contributed by atoms with van der Waals surface area (Å²) in [6.45, 7) is 4.21. The van der Waals surface area contributed by atoms with E-state index in [1.807, 2.05) is 0 Å². The van der Waals surface area contributed by atoms with Crippen molar-refractivity contribution in [3.05, 3.63) is 47.5 Å².